The largest absolute Gasteiger partial charge is 0.390 e. The minimum absolute atomic E-state index is 0.549. The van der Waals surface area contributed by atoms with Gasteiger partial charge in [-0.1, -0.05) is 18.2 Å². The van der Waals surface area contributed by atoms with Crippen LogP contribution in [0.2, 0.25) is 0 Å². The van der Waals surface area contributed by atoms with Crippen LogP contribution < -0.4 is 0 Å². The molecule has 0 saturated carbocycles. The van der Waals surface area contributed by atoms with Crippen molar-refractivity contribution >= 4 is 11.9 Å². The number of ether oxygens (including phenoxy) is 2. The second kappa shape index (κ2) is 2.53. The number of cyclic esters (lactones) is 2. The first-order chi connectivity index (χ1) is 6.20. The molecule has 13 heavy (non-hydrogen) atoms. The van der Waals surface area contributed by atoms with E-state index in [9.17, 15) is 9.59 Å². The maximum Gasteiger partial charge on any atom is 0.351 e. The van der Waals surface area contributed by atoms with E-state index >= 15 is 0 Å². The lowest BCUT2D eigenvalue weighted by Crippen LogP contribution is -2.41. The number of carbonyl (C=O) groups is 2. The molecule has 1 aliphatic carbocycles. The molecule has 0 N–H and O–H groups in total. The van der Waals surface area contributed by atoms with Gasteiger partial charge in [-0.05, 0) is 6.08 Å². The maximum atomic E-state index is 11.3. The van der Waals surface area contributed by atoms with E-state index in [1.54, 1.807) is 24.3 Å². The molecule has 0 aromatic heterocycles. The molecule has 1 fully saturated rings. The highest BCUT2D eigenvalue weighted by Crippen LogP contribution is 2.35. The predicted molar refractivity (Wildman–Crippen MR) is 42.6 cm³/mol. The molecule has 4 heteroatoms. The second-order valence-corrected chi connectivity index (χ2v) is 2.93. The van der Waals surface area contributed by atoms with E-state index in [1.807, 2.05) is 0 Å². The molecule has 0 aromatic carbocycles. The molecule has 1 saturated heterocycles. The van der Waals surface area contributed by atoms with Gasteiger partial charge in [-0.25, -0.2) is 4.79 Å². The van der Waals surface area contributed by atoms with Crippen LogP contribution in [0.1, 0.15) is 0 Å². The molecule has 4 nitrogen and oxygen atoms in total. The SMILES string of the molecule is COC12C=CC=CC1C(=O)OC2=O. The molecule has 2 rings (SSSR count). The lowest BCUT2D eigenvalue weighted by Gasteiger charge is -2.24. The van der Waals surface area contributed by atoms with E-state index in [-0.39, 0.29) is 0 Å². The Kier molecular flexibility index (Phi) is 1.60. The summed E-state index contributed by atoms with van der Waals surface area (Å²) in [7, 11) is 1.39. The van der Waals surface area contributed by atoms with Crippen molar-refractivity contribution < 1.29 is 19.1 Å². The van der Waals surface area contributed by atoms with Crippen molar-refractivity contribution in [2.75, 3.05) is 7.11 Å². The molecule has 0 radical (unpaired) electrons. The van der Waals surface area contributed by atoms with Gasteiger partial charge in [0, 0.05) is 7.11 Å². The second-order valence-electron chi connectivity index (χ2n) is 2.93. The zero-order chi connectivity index (χ0) is 9.47. The minimum Gasteiger partial charge on any atom is -0.390 e. The van der Waals surface area contributed by atoms with E-state index in [0.29, 0.717) is 0 Å². The molecule has 0 spiro atoms. The van der Waals surface area contributed by atoms with Crippen LogP contribution in [0.3, 0.4) is 0 Å². The van der Waals surface area contributed by atoms with Gasteiger partial charge in [-0.15, -0.1) is 0 Å². The summed E-state index contributed by atoms with van der Waals surface area (Å²) >= 11 is 0. The monoisotopic (exact) mass is 180 g/mol. The Morgan fingerprint density at radius 1 is 1.46 bits per heavy atom. The van der Waals surface area contributed by atoms with Gasteiger partial charge in [0.25, 0.3) is 0 Å². The van der Waals surface area contributed by atoms with Crippen molar-refractivity contribution in [3.05, 3.63) is 24.3 Å². The fraction of sp³-hybridized carbons (Fsp3) is 0.333. The third-order valence-electron chi connectivity index (χ3n) is 2.32. The number of methoxy groups -OCH3 is 1. The summed E-state index contributed by atoms with van der Waals surface area (Å²) in [4.78, 5) is 22.5. The van der Waals surface area contributed by atoms with Crippen molar-refractivity contribution in [1.82, 2.24) is 0 Å². The van der Waals surface area contributed by atoms with Gasteiger partial charge in [-0.3, -0.25) is 4.79 Å². The van der Waals surface area contributed by atoms with E-state index in [4.69, 9.17) is 4.74 Å². The molecule has 2 unspecified atom stereocenters. The van der Waals surface area contributed by atoms with E-state index in [2.05, 4.69) is 4.74 Å². The Morgan fingerprint density at radius 3 is 2.85 bits per heavy atom. The van der Waals surface area contributed by atoms with E-state index in [1.165, 1.54) is 7.11 Å². The van der Waals surface area contributed by atoms with E-state index < -0.39 is 23.5 Å². The fourth-order valence-corrected chi connectivity index (χ4v) is 1.58. The van der Waals surface area contributed by atoms with Crippen molar-refractivity contribution in [3.8, 4) is 0 Å². The van der Waals surface area contributed by atoms with Crippen LogP contribution in [0, 0.1) is 5.92 Å². The first kappa shape index (κ1) is 8.19. The quantitative estimate of drug-likeness (QED) is 0.427. The summed E-state index contributed by atoms with van der Waals surface area (Å²) in [6.07, 6.45) is 6.52. The Morgan fingerprint density at radius 2 is 2.23 bits per heavy atom. The van der Waals surface area contributed by atoms with Gasteiger partial charge < -0.3 is 9.47 Å². The Labute approximate surface area is 74.8 Å². The van der Waals surface area contributed by atoms with Crippen LogP contribution in [0.5, 0.6) is 0 Å². The van der Waals surface area contributed by atoms with Crippen molar-refractivity contribution in [3.63, 3.8) is 0 Å². The molecule has 0 amide bonds. The number of hydrogen-bond donors (Lipinski definition) is 0. The zero-order valence-electron chi connectivity index (χ0n) is 7.02. The third-order valence-corrected chi connectivity index (χ3v) is 2.32. The van der Waals surface area contributed by atoms with Crippen LogP contribution in [0.15, 0.2) is 24.3 Å². The molecule has 2 aliphatic rings. The van der Waals surface area contributed by atoms with Crippen LogP contribution in [0.4, 0.5) is 0 Å². The smallest absolute Gasteiger partial charge is 0.351 e. The Balaban J connectivity index is 2.49. The molecule has 2 atom stereocenters. The summed E-state index contributed by atoms with van der Waals surface area (Å²) in [6, 6.07) is 0. The first-order valence-electron chi connectivity index (χ1n) is 3.88. The predicted octanol–water partition coefficient (Wildman–Crippen LogP) is 0.197. The van der Waals surface area contributed by atoms with Crippen molar-refractivity contribution in [1.29, 1.82) is 0 Å². The molecule has 1 aliphatic heterocycles. The highest BCUT2D eigenvalue weighted by atomic mass is 16.6. The summed E-state index contributed by atoms with van der Waals surface area (Å²) in [6.45, 7) is 0. The lowest BCUT2D eigenvalue weighted by atomic mass is 9.86. The van der Waals surface area contributed by atoms with Gasteiger partial charge in [0.2, 0.25) is 5.60 Å². The van der Waals surface area contributed by atoms with E-state index in [0.717, 1.165) is 0 Å². The molecule has 68 valence electrons. The lowest BCUT2D eigenvalue weighted by molar-refractivity contribution is -0.157. The number of esters is 2. The van der Waals surface area contributed by atoms with Crippen LogP contribution in [0.25, 0.3) is 0 Å². The average Bonchev–Trinajstić information content (AvgIpc) is 2.41. The fourth-order valence-electron chi connectivity index (χ4n) is 1.58. The summed E-state index contributed by atoms with van der Waals surface area (Å²) < 4.78 is 9.55. The number of rotatable bonds is 1. The van der Waals surface area contributed by atoms with Crippen molar-refractivity contribution in [2.24, 2.45) is 5.92 Å². The van der Waals surface area contributed by atoms with Crippen LogP contribution in [-0.2, 0) is 19.1 Å². The number of carbonyl (C=O) groups excluding carboxylic acids is 2. The van der Waals surface area contributed by atoms with Crippen molar-refractivity contribution in [2.45, 2.75) is 5.60 Å². The molecule has 0 bridgehead atoms. The minimum atomic E-state index is -1.22. The number of allylic oxidation sites excluding steroid dienone is 2. The summed E-state index contributed by atoms with van der Waals surface area (Å²) in [5.74, 6) is -1.81. The normalized spacial score (nSPS) is 36.2. The average molecular weight is 180 g/mol. The van der Waals surface area contributed by atoms with Gasteiger partial charge in [0.15, 0.2) is 0 Å². The van der Waals surface area contributed by atoms with Gasteiger partial charge in [0.05, 0.1) is 0 Å². The first-order valence-corrected chi connectivity index (χ1v) is 3.88. The molecule has 0 aromatic rings. The highest BCUT2D eigenvalue weighted by Gasteiger charge is 2.56. The van der Waals surface area contributed by atoms with Crippen LogP contribution >= 0.6 is 0 Å². The summed E-state index contributed by atoms with van der Waals surface area (Å²) in [5.41, 5.74) is -1.22. The van der Waals surface area contributed by atoms with Crippen LogP contribution in [-0.4, -0.2) is 24.6 Å². The Bertz CT molecular complexity index is 329. The standard InChI is InChI=1S/C9H8O4/c1-12-9-5-3-2-4-6(9)7(10)13-8(9)11/h2-6H,1H3. The Hall–Kier alpha value is -1.42. The molecular formula is C9H8O4. The molecule has 1 heterocycles. The number of fused-ring (bicyclic) bond motifs is 1. The van der Waals surface area contributed by atoms with Gasteiger partial charge in [-0.2, -0.15) is 0 Å². The summed E-state index contributed by atoms with van der Waals surface area (Å²) in [5, 5.41) is 0. The third kappa shape index (κ3) is 0.890. The van der Waals surface area contributed by atoms with Gasteiger partial charge >= 0.3 is 11.9 Å². The number of hydrogen-bond acceptors (Lipinski definition) is 4. The topological polar surface area (TPSA) is 52.6 Å². The zero-order valence-corrected chi connectivity index (χ0v) is 7.02. The van der Waals surface area contributed by atoms with Gasteiger partial charge in [0.1, 0.15) is 5.92 Å². The molecular weight excluding hydrogens is 172 g/mol. The maximum absolute atomic E-state index is 11.3. The highest BCUT2D eigenvalue weighted by molar-refractivity contribution is 6.04.